The predicted octanol–water partition coefficient (Wildman–Crippen LogP) is 4.91. The number of likely N-dealkylation sites (tertiary alicyclic amines) is 1. The van der Waals surface area contributed by atoms with Crippen LogP contribution in [0.5, 0.6) is 0 Å². The highest BCUT2D eigenvalue weighted by Gasteiger charge is 2.26. The highest BCUT2D eigenvalue weighted by Crippen LogP contribution is 2.33. The molecule has 0 bridgehead atoms. The van der Waals surface area contributed by atoms with Crippen LogP contribution in [0.4, 0.5) is 10.5 Å². The van der Waals surface area contributed by atoms with Crippen LogP contribution in [0.25, 0.3) is 10.2 Å². The van der Waals surface area contributed by atoms with Gasteiger partial charge in [-0.1, -0.05) is 12.1 Å². The predicted molar refractivity (Wildman–Crippen MR) is 109 cm³/mol. The van der Waals surface area contributed by atoms with Crippen LogP contribution >= 0.6 is 11.3 Å². The first-order valence-corrected chi connectivity index (χ1v) is 9.94. The number of hydrogen-bond acceptors (Lipinski definition) is 4. The van der Waals surface area contributed by atoms with Gasteiger partial charge in [-0.15, -0.1) is 11.3 Å². The van der Waals surface area contributed by atoms with Gasteiger partial charge < -0.3 is 10.2 Å². The number of aromatic nitrogens is 1. The van der Waals surface area contributed by atoms with E-state index in [-0.39, 0.29) is 11.8 Å². The molecule has 0 unspecified atom stereocenters. The van der Waals surface area contributed by atoms with Crippen LogP contribution in [0, 0.1) is 0 Å². The van der Waals surface area contributed by atoms with E-state index in [9.17, 15) is 9.59 Å². The number of rotatable bonds is 3. The summed E-state index contributed by atoms with van der Waals surface area (Å²) in [4.78, 5) is 30.5. The van der Waals surface area contributed by atoms with E-state index < -0.39 is 0 Å². The van der Waals surface area contributed by atoms with Crippen molar-refractivity contribution in [1.29, 1.82) is 0 Å². The summed E-state index contributed by atoms with van der Waals surface area (Å²) in [6.45, 7) is 2.97. The molecule has 2 aromatic carbocycles. The van der Waals surface area contributed by atoms with Gasteiger partial charge in [-0.3, -0.25) is 4.79 Å². The first kappa shape index (κ1) is 17.7. The maximum absolute atomic E-state index is 12.5. The van der Waals surface area contributed by atoms with Gasteiger partial charge in [0.25, 0.3) is 0 Å². The number of benzene rings is 2. The summed E-state index contributed by atoms with van der Waals surface area (Å²) in [7, 11) is 0. The number of hydrogen-bond donors (Lipinski definition) is 1. The van der Waals surface area contributed by atoms with Gasteiger partial charge in [-0.2, -0.15) is 0 Å². The number of piperidine rings is 1. The lowest BCUT2D eigenvalue weighted by Crippen LogP contribution is -2.40. The minimum atomic E-state index is -0.0895. The third-order valence-electron chi connectivity index (χ3n) is 4.98. The Bertz CT molecular complexity index is 940. The van der Waals surface area contributed by atoms with Gasteiger partial charge >= 0.3 is 6.03 Å². The SMILES string of the molecule is CC(=O)c1ccc(NC(=O)N2CCC(c3nc4ccccc4s3)CC2)cc1. The highest BCUT2D eigenvalue weighted by molar-refractivity contribution is 7.18. The van der Waals surface area contributed by atoms with E-state index in [2.05, 4.69) is 17.4 Å². The van der Waals surface area contributed by atoms with Crippen LogP contribution in [0.15, 0.2) is 48.5 Å². The number of carbonyl (C=O) groups excluding carboxylic acids is 2. The molecule has 0 aliphatic carbocycles. The molecular formula is C21H21N3O2S. The van der Waals surface area contributed by atoms with E-state index in [4.69, 9.17) is 4.98 Å². The number of Topliss-reactive ketones (excluding diaryl/α,β-unsaturated/α-hetero) is 1. The van der Waals surface area contributed by atoms with Crippen LogP contribution < -0.4 is 5.32 Å². The van der Waals surface area contributed by atoms with Crippen LogP contribution in [-0.4, -0.2) is 34.8 Å². The van der Waals surface area contributed by atoms with Gasteiger partial charge in [-0.05, 0) is 56.2 Å². The van der Waals surface area contributed by atoms with Crippen LogP contribution in [0.3, 0.4) is 0 Å². The van der Waals surface area contributed by atoms with Crippen molar-refractivity contribution < 1.29 is 9.59 Å². The summed E-state index contributed by atoms with van der Waals surface area (Å²) in [6, 6.07) is 15.1. The summed E-state index contributed by atoms with van der Waals surface area (Å²) in [5.74, 6) is 0.436. The Kier molecular flexibility index (Phi) is 4.90. The lowest BCUT2D eigenvalue weighted by atomic mass is 9.98. The first-order chi connectivity index (χ1) is 13.1. The van der Waals surface area contributed by atoms with Crippen molar-refractivity contribution in [3.63, 3.8) is 0 Å². The molecule has 3 aromatic rings. The molecule has 2 heterocycles. The Morgan fingerprint density at radius 1 is 1.07 bits per heavy atom. The molecule has 4 rings (SSSR count). The number of para-hydroxylation sites is 1. The molecule has 0 atom stereocenters. The van der Waals surface area contributed by atoms with E-state index in [1.807, 2.05) is 17.0 Å². The monoisotopic (exact) mass is 379 g/mol. The molecule has 6 heteroatoms. The summed E-state index contributed by atoms with van der Waals surface area (Å²) < 4.78 is 1.22. The second kappa shape index (κ2) is 7.48. The molecule has 1 aromatic heterocycles. The second-order valence-corrected chi connectivity index (χ2v) is 7.91. The molecule has 1 saturated heterocycles. The molecule has 5 nitrogen and oxygen atoms in total. The Labute approximate surface area is 162 Å². The summed E-state index contributed by atoms with van der Waals surface area (Å²) >= 11 is 1.76. The average molecular weight is 379 g/mol. The molecule has 0 saturated carbocycles. The highest BCUT2D eigenvalue weighted by atomic mass is 32.1. The zero-order chi connectivity index (χ0) is 18.8. The van der Waals surface area contributed by atoms with Crippen molar-refractivity contribution >= 4 is 39.1 Å². The standard InChI is InChI=1S/C21H21N3O2S/c1-14(25)15-6-8-17(9-7-15)22-21(26)24-12-10-16(11-13-24)20-23-18-4-2-3-5-19(18)27-20/h2-9,16H,10-13H2,1H3,(H,22,26). The van der Waals surface area contributed by atoms with Crippen LogP contribution in [-0.2, 0) is 0 Å². The molecule has 2 amide bonds. The molecule has 0 spiro atoms. The Morgan fingerprint density at radius 3 is 2.44 bits per heavy atom. The molecule has 1 aliphatic rings. The molecule has 1 N–H and O–H groups in total. The Morgan fingerprint density at radius 2 is 1.78 bits per heavy atom. The Hall–Kier alpha value is -2.73. The van der Waals surface area contributed by atoms with Crippen molar-refractivity contribution in [3.8, 4) is 0 Å². The summed E-state index contributed by atoms with van der Waals surface area (Å²) in [6.07, 6.45) is 1.85. The van der Waals surface area contributed by atoms with E-state index in [1.165, 1.54) is 16.6 Å². The first-order valence-electron chi connectivity index (χ1n) is 9.12. The number of nitrogens with zero attached hydrogens (tertiary/aromatic N) is 2. The number of carbonyl (C=O) groups is 2. The van der Waals surface area contributed by atoms with Gasteiger partial charge in [0.15, 0.2) is 5.78 Å². The maximum Gasteiger partial charge on any atom is 0.321 e. The lowest BCUT2D eigenvalue weighted by Gasteiger charge is -2.31. The summed E-state index contributed by atoms with van der Waals surface area (Å²) in [5, 5.41) is 4.09. The van der Waals surface area contributed by atoms with E-state index in [0.29, 0.717) is 17.2 Å². The fourth-order valence-electron chi connectivity index (χ4n) is 3.38. The Balaban J connectivity index is 1.35. The minimum Gasteiger partial charge on any atom is -0.324 e. The van der Waals surface area contributed by atoms with Crippen molar-refractivity contribution in [2.45, 2.75) is 25.7 Å². The fourth-order valence-corrected chi connectivity index (χ4v) is 4.52. The van der Waals surface area contributed by atoms with Crippen molar-refractivity contribution in [2.24, 2.45) is 0 Å². The number of anilines is 1. The quantitative estimate of drug-likeness (QED) is 0.658. The molecular weight excluding hydrogens is 358 g/mol. The largest absolute Gasteiger partial charge is 0.324 e. The number of urea groups is 1. The number of fused-ring (bicyclic) bond motifs is 1. The van der Waals surface area contributed by atoms with Gasteiger partial charge in [0, 0.05) is 30.3 Å². The van der Waals surface area contributed by atoms with Gasteiger partial charge in [0.05, 0.1) is 15.2 Å². The van der Waals surface area contributed by atoms with Gasteiger partial charge in [0.2, 0.25) is 0 Å². The zero-order valence-corrected chi connectivity index (χ0v) is 16.0. The number of ketones is 1. The summed E-state index contributed by atoms with van der Waals surface area (Å²) in [5.41, 5.74) is 2.41. The molecule has 138 valence electrons. The third-order valence-corrected chi connectivity index (χ3v) is 6.18. The topological polar surface area (TPSA) is 62.3 Å². The maximum atomic E-state index is 12.5. The molecule has 0 radical (unpaired) electrons. The van der Waals surface area contributed by atoms with Crippen molar-refractivity contribution in [3.05, 3.63) is 59.1 Å². The lowest BCUT2D eigenvalue weighted by molar-refractivity contribution is 0.101. The number of thiazole rings is 1. The fraction of sp³-hybridized carbons (Fsp3) is 0.286. The van der Waals surface area contributed by atoms with Gasteiger partial charge in [0.1, 0.15) is 0 Å². The molecule has 27 heavy (non-hydrogen) atoms. The van der Waals surface area contributed by atoms with Crippen LogP contribution in [0.1, 0.15) is 41.0 Å². The third kappa shape index (κ3) is 3.85. The molecule has 1 aliphatic heterocycles. The molecule has 1 fully saturated rings. The minimum absolute atomic E-state index is 0.0183. The van der Waals surface area contributed by atoms with Crippen molar-refractivity contribution in [1.82, 2.24) is 9.88 Å². The average Bonchev–Trinajstić information content (AvgIpc) is 3.13. The van der Waals surface area contributed by atoms with Crippen LogP contribution in [0.2, 0.25) is 0 Å². The number of amides is 2. The number of nitrogens with one attached hydrogen (secondary N) is 1. The van der Waals surface area contributed by atoms with E-state index in [1.54, 1.807) is 35.6 Å². The smallest absolute Gasteiger partial charge is 0.321 e. The zero-order valence-electron chi connectivity index (χ0n) is 15.1. The van der Waals surface area contributed by atoms with Gasteiger partial charge in [-0.25, -0.2) is 9.78 Å². The van der Waals surface area contributed by atoms with E-state index in [0.717, 1.165) is 31.4 Å². The second-order valence-electron chi connectivity index (χ2n) is 6.84. The van der Waals surface area contributed by atoms with Crippen molar-refractivity contribution in [2.75, 3.05) is 18.4 Å². The normalized spacial score (nSPS) is 15.1. The van der Waals surface area contributed by atoms with E-state index >= 15 is 0 Å².